The van der Waals surface area contributed by atoms with Gasteiger partial charge in [0.05, 0.1) is 6.54 Å². The molecule has 2 aromatic rings. The van der Waals surface area contributed by atoms with Gasteiger partial charge in [-0.15, -0.1) is 0 Å². The van der Waals surface area contributed by atoms with Gasteiger partial charge in [-0.25, -0.2) is 0 Å². The van der Waals surface area contributed by atoms with Crippen molar-refractivity contribution < 1.29 is 14.7 Å². The number of carboxylic acids is 1. The van der Waals surface area contributed by atoms with Crippen LogP contribution in [-0.4, -0.2) is 44.3 Å². The molecule has 1 heterocycles. The first-order valence-electron chi connectivity index (χ1n) is 7.22. The molecule has 0 bridgehead atoms. The normalized spacial score (nSPS) is 13.8. The number of aliphatic carboxylic acids is 1. The third-order valence-corrected chi connectivity index (χ3v) is 3.66. The van der Waals surface area contributed by atoms with E-state index in [4.69, 9.17) is 5.11 Å². The molecule has 1 aromatic heterocycles. The lowest BCUT2D eigenvalue weighted by atomic mass is 10.1. The Morgan fingerprint density at radius 2 is 2.00 bits per heavy atom. The largest absolute Gasteiger partial charge is 0.480 e. The summed E-state index contributed by atoms with van der Waals surface area (Å²) in [6.07, 6.45) is 5.37. The van der Waals surface area contributed by atoms with Crippen molar-refractivity contribution in [1.82, 2.24) is 14.7 Å². The van der Waals surface area contributed by atoms with Crippen LogP contribution in [0.2, 0.25) is 0 Å². The van der Waals surface area contributed by atoms with Crippen molar-refractivity contribution in [2.75, 3.05) is 6.54 Å². The zero-order valence-corrected chi connectivity index (χ0v) is 12.1. The minimum absolute atomic E-state index is 0.0763. The number of benzene rings is 1. The van der Waals surface area contributed by atoms with E-state index in [1.165, 1.54) is 4.90 Å². The summed E-state index contributed by atoms with van der Waals surface area (Å²) in [5.74, 6) is -1.19. The molecular weight excluding hydrogens is 282 g/mol. The molecule has 1 saturated carbocycles. The smallest absolute Gasteiger partial charge is 0.323 e. The van der Waals surface area contributed by atoms with Crippen LogP contribution in [0.15, 0.2) is 42.7 Å². The molecule has 6 nitrogen and oxygen atoms in total. The average molecular weight is 299 g/mol. The predicted octanol–water partition coefficient (Wildman–Crippen LogP) is 1.62. The number of rotatable bonds is 6. The van der Waals surface area contributed by atoms with Gasteiger partial charge in [-0.2, -0.15) is 5.10 Å². The fourth-order valence-electron chi connectivity index (χ4n) is 2.40. The molecule has 0 saturated heterocycles. The minimum atomic E-state index is -0.976. The van der Waals surface area contributed by atoms with Crippen molar-refractivity contribution in [3.05, 3.63) is 53.9 Å². The van der Waals surface area contributed by atoms with Crippen molar-refractivity contribution in [2.45, 2.75) is 25.4 Å². The Hall–Kier alpha value is -2.63. The molecule has 0 aliphatic heterocycles. The first kappa shape index (κ1) is 14.3. The molecule has 22 heavy (non-hydrogen) atoms. The van der Waals surface area contributed by atoms with Gasteiger partial charge in [0.2, 0.25) is 0 Å². The Morgan fingerprint density at radius 3 is 2.55 bits per heavy atom. The van der Waals surface area contributed by atoms with Crippen molar-refractivity contribution in [1.29, 1.82) is 0 Å². The van der Waals surface area contributed by atoms with Gasteiger partial charge in [-0.3, -0.25) is 14.3 Å². The first-order chi connectivity index (χ1) is 10.6. The van der Waals surface area contributed by atoms with Crippen LogP contribution in [0.3, 0.4) is 0 Å². The summed E-state index contributed by atoms with van der Waals surface area (Å²) in [6.45, 7) is 0.404. The van der Waals surface area contributed by atoms with E-state index in [-0.39, 0.29) is 18.5 Å². The highest BCUT2D eigenvalue weighted by atomic mass is 16.4. The van der Waals surface area contributed by atoms with Crippen molar-refractivity contribution in [2.24, 2.45) is 0 Å². The highest BCUT2D eigenvalue weighted by Crippen LogP contribution is 2.28. The molecule has 3 rings (SSSR count). The summed E-state index contributed by atoms with van der Waals surface area (Å²) in [7, 11) is 0. The lowest BCUT2D eigenvalue weighted by molar-refractivity contribution is -0.137. The topological polar surface area (TPSA) is 75.4 Å². The standard InChI is InChI=1S/C16H17N3O3/c20-15(21)11-19(14-6-7-14)16(22)13-4-2-12(3-5-13)10-18-9-1-8-17-18/h1-5,8-9,14H,6-7,10-11H2,(H,20,21). The Labute approximate surface area is 128 Å². The summed E-state index contributed by atoms with van der Waals surface area (Å²) in [4.78, 5) is 24.8. The molecular formula is C16H17N3O3. The van der Waals surface area contributed by atoms with Crippen LogP contribution in [0.4, 0.5) is 0 Å². The Morgan fingerprint density at radius 1 is 1.27 bits per heavy atom. The van der Waals surface area contributed by atoms with Crippen LogP contribution < -0.4 is 0 Å². The highest BCUT2D eigenvalue weighted by molar-refractivity contribution is 5.96. The van der Waals surface area contributed by atoms with E-state index in [9.17, 15) is 9.59 Å². The van der Waals surface area contributed by atoms with E-state index in [1.807, 2.05) is 24.4 Å². The number of carbonyl (C=O) groups is 2. The van der Waals surface area contributed by atoms with Gasteiger partial charge in [0, 0.05) is 24.0 Å². The molecule has 0 unspecified atom stereocenters. The maximum absolute atomic E-state index is 12.4. The fraction of sp³-hybridized carbons (Fsp3) is 0.312. The molecule has 1 N–H and O–H groups in total. The minimum Gasteiger partial charge on any atom is -0.480 e. The molecule has 114 valence electrons. The van der Waals surface area contributed by atoms with Gasteiger partial charge in [0.15, 0.2) is 0 Å². The predicted molar refractivity (Wildman–Crippen MR) is 79.5 cm³/mol. The van der Waals surface area contributed by atoms with Crippen molar-refractivity contribution >= 4 is 11.9 Å². The fourth-order valence-corrected chi connectivity index (χ4v) is 2.40. The molecule has 1 aliphatic carbocycles. The third kappa shape index (κ3) is 3.33. The van der Waals surface area contributed by atoms with Gasteiger partial charge in [0.25, 0.3) is 5.91 Å². The van der Waals surface area contributed by atoms with Gasteiger partial charge in [-0.05, 0) is 36.6 Å². The zero-order valence-electron chi connectivity index (χ0n) is 12.1. The molecule has 6 heteroatoms. The number of carbonyl (C=O) groups excluding carboxylic acids is 1. The summed E-state index contributed by atoms with van der Waals surface area (Å²) in [5, 5.41) is 13.1. The molecule has 0 spiro atoms. The maximum Gasteiger partial charge on any atom is 0.323 e. The monoisotopic (exact) mass is 299 g/mol. The quantitative estimate of drug-likeness (QED) is 0.879. The Bertz CT molecular complexity index is 660. The molecule has 0 radical (unpaired) electrons. The number of hydrogen-bond donors (Lipinski definition) is 1. The van der Waals surface area contributed by atoms with Crippen molar-refractivity contribution in [3.8, 4) is 0 Å². The van der Waals surface area contributed by atoms with E-state index in [1.54, 1.807) is 23.0 Å². The average Bonchev–Trinajstić information content (AvgIpc) is 3.22. The van der Waals surface area contributed by atoms with E-state index in [0.29, 0.717) is 12.1 Å². The molecule has 1 aromatic carbocycles. The second-order valence-corrected chi connectivity index (χ2v) is 5.46. The van der Waals surface area contributed by atoms with Crippen LogP contribution in [0.1, 0.15) is 28.8 Å². The van der Waals surface area contributed by atoms with Crippen LogP contribution in [0.5, 0.6) is 0 Å². The number of aromatic nitrogens is 2. The number of carboxylic acid groups (broad SMARTS) is 1. The Kier molecular flexibility index (Phi) is 3.91. The third-order valence-electron chi connectivity index (χ3n) is 3.66. The van der Waals surface area contributed by atoms with Gasteiger partial charge >= 0.3 is 5.97 Å². The van der Waals surface area contributed by atoms with E-state index < -0.39 is 5.97 Å². The van der Waals surface area contributed by atoms with Gasteiger partial charge in [-0.1, -0.05) is 12.1 Å². The van der Waals surface area contributed by atoms with Crippen LogP contribution in [0, 0.1) is 0 Å². The van der Waals surface area contributed by atoms with Crippen LogP contribution >= 0.6 is 0 Å². The second kappa shape index (κ2) is 6.01. The van der Waals surface area contributed by atoms with E-state index in [2.05, 4.69) is 5.10 Å². The molecule has 0 atom stereocenters. The molecule has 1 aliphatic rings. The molecule has 1 amide bonds. The SMILES string of the molecule is O=C(O)CN(C(=O)c1ccc(Cn2cccn2)cc1)C1CC1. The van der Waals surface area contributed by atoms with E-state index >= 15 is 0 Å². The zero-order chi connectivity index (χ0) is 15.5. The maximum atomic E-state index is 12.4. The second-order valence-electron chi connectivity index (χ2n) is 5.46. The highest BCUT2D eigenvalue weighted by Gasteiger charge is 2.34. The van der Waals surface area contributed by atoms with Gasteiger partial charge in [0.1, 0.15) is 6.54 Å². The number of hydrogen-bond acceptors (Lipinski definition) is 3. The summed E-state index contributed by atoms with van der Waals surface area (Å²) in [6, 6.07) is 9.18. The first-order valence-corrected chi connectivity index (χ1v) is 7.22. The lowest BCUT2D eigenvalue weighted by Gasteiger charge is -2.20. The number of amides is 1. The summed E-state index contributed by atoms with van der Waals surface area (Å²) in [5.41, 5.74) is 1.56. The number of nitrogens with zero attached hydrogens (tertiary/aromatic N) is 3. The Balaban J connectivity index is 1.70. The summed E-state index contributed by atoms with van der Waals surface area (Å²) >= 11 is 0. The van der Waals surface area contributed by atoms with Crippen molar-refractivity contribution in [3.63, 3.8) is 0 Å². The molecule has 1 fully saturated rings. The van der Waals surface area contributed by atoms with Gasteiger partial charge < -0.3 is 10.0 Å². The van der Waals surface area contributed by atoms with Crippen LogP contribution in [0.25, 0.3) is 0 Å². The summed E-state index contributed by atoms with van der Waals surface area (Å²) < 4.78 is 1.80. The van der Waals surface area contributed by atoms with E-state index in [0.717, 1.165) is 18.4 Å². The van der Waals surface area contributed by atoms with Crippen LogP contribution in [-0.2, 0) is 11.3 Å². The lowest BCUT2D eigenvalue weighted by Crippen LogP contribution is -2.37.